The molecule has 0 aliphatic heterocycles. The number of amides is 2. The summed E-state index contributed by atoms with van der Waals surface area (Å²) in [5.74, 6) is -2.46. The molecule has 2 amide bonds. The standard InChI is InChI=1S/C23H18FN7O4/c1-30-17-8-13(5-6-19(17)35-23(30)34)10-26-21(32)16-9-18(31-20(29-16)15(24)12-28-31)22(33)27-11-14-4-2-3-7-25-14/h2-9,12H,10-11H2,1H3,(H,26,32)(H,27,33). The zero-order valence-electron chi connectivity index (χ0n) is 18.4. The fourth-order valence-electron chi connectivity index (χ4n) is 3.53. The molecule has 0 unspecified atom stereocenters. The molecular formula is C23H18FN7O4. The van der Waals surface area contributed by atoms with E-state index in [-0.39, 0.29) is 30.1 Å². The van der Waals surface area contributed by atoms with Crippen molar-refractivity contribution in [3.8, 4) is 0 Å². The Morgan fingerprint density at radius 1 is 1.09 bits per heavy atom. The van der Waals surface area contributed by atoms with E-state index in [0.717, 1.165) is 10.7 Å². The molecule has 176 valence electrons. The number of nitrogens with one attached hydrogen (secondary N) is 2. The number of pyridine rings is 1. The summed E-state index contributed by atoms with van der Waals surface area (Å²) < 4.78 is 21.8. The average Bonchev–Trinajstić information content (AvgIpc) is 3.39. The highest BCUT2D eigenvalue weighted by Crippen LogP contribution is 2.15. The van der Waals surface area contributed by atoms with Crippen molar-refractivity contribution in [2.24, 2.45) is 7.05 Å². The van der Waals surface area contributed by atoms with Crippen molar-refractivity contribution in [3.05, 3.63) is 93.9 Å². The molecule has 1 aromatic carbocycles. The number of halogens is 1. The number of rotatable bonds is 6. The zero-order chi connectivity index (χ0) is 24.5. The molecule has 0 radical (unpaired) electrons. The van der Waals surface area contributed by atoms with Crippen molar-refractivity contribution >= 4 is 28.6 Å². The van der Waals surface area contributed by atoms with Crippen LogP contribution in [0.1, 0.15) is 32.2 Å². The monoisotopic (exact) mass is 475 g/mol. The predicted molar refractivity (Wildman–Crippen MR) is 121 cm³/mol. The van der Waals surface area contributed by atoms with Gasteiger partial charge in [0.25, 0.3) is 11.8 Å². The molecule has 0 aliphatic rings. The summed E-state index contributed by atoms with van der Waals surface area (Å²) >= 11 is 0. The van der Waals surface area contributed by atoms with Crippen molar-refractivity contribution in [1.82, 2.24) is 34.8 Å². The van der Waals surface area contributed by atoms with Crippen molar-refractivity contribution in [2.75, 3.05) is 0 Å². The van der Waals surface area contributed by atoms with Crippen LogP contribution >= 0.6 is 0 Å². The second kappa shape index (κ2) is 8.82. The molecule has 12 heteroatoms. The van der Waals surface area contributed by atoms with Gasteiger partial charge in [0.2, 0.25) is 0 Å². The van der Waals surface area contributed by atoms with Crippen LogP contribution in [0.2, 0.25) is 0 Å². The number of hydrogen-bond acceptors (Lipinski definition) is 7. The van der Waals surface area contributed by atoms with Crippen molar-refractivity contribution < 1.29 is 18.4 Å². The van der Waals surface area contributed by atoms with E-state index in [0.29, 0.717) is 22.4 Å². The van der Waals surface area contributed by atoms with E-state index < -0.39 is 23.4 Å². The first-order valence-corrected chi connectivity index (χ1v) is 10.5. The minimum Gasteiger partial charge on any atom is -0.408 e. The Labute approximate surface area is 196 Å². The number of carbonyl (C=O) groups excluding carboxylic acids is 2. The molecule has 5 aromatic rings. The number of oxazole rings is 1. The summed E-state index contributed by atoms with van der Waals surface area (Å²) in [4.78, 5) is 45.5. The topological polar surface area (TPSA) is 136 Å². The van der Waals surface area contributed by atoms with Crippen molar-refractivity contribution in [3.63, 3.8) is 0 Å². The van der Waals surface area contributed by atoms with Crippen molar-refractivity contribution in [1.29, 1.82) is 0 Å². The van der Waals surface area contributed by atoms with Gasteiger partial charge in [-0.05, 0) is 29.8 Å². The van der Waals surface area contributed by atoms with Gasteiger partial charge in [0, 0.05) is 25.9 Å². The van der Waals surface area contributed by atoms with Crippen LogP contribution in [0.5, 0.6) is 0 Å². The van der Waals surface area contributed by atoms with Crippen LogP contribution in [-0.2, 0) is 20.1 Å². The lowest BCUT2D eigenvalue weighted by Crippen LogP contribution is -2.28. The number of fused-ring (bicyclic) bond motifs is 2. The normalized spacial score (nSPS) is 11.1. The number of hydrogen-bond donors (Lipinski definition) is 2. The molecular weight excluding hydrogens is 457 g/mol. The van der Waals surface area contributed by atoms with Gasteiger partial charge in [-0.1, -0.05) is 12.1 Å². The Morgan fingerprint density at radius 3 is 2.71 bits per heavy atom. The third-order valence-electron chi connectivity index (χ3n) is 5.36. The molecule has 0 bridgehead atoms. The quantitative estimate of drug-likeness (QED) is 0.380. The molecule has 11 nitrogen and oxygen atoms in total. The van der Waals surface area contributed by atoms with Crippen LogP contribution in [0.25, 0.3) is 16.7 Å². The number of aromatic nitrogens is 5. The Kier molecular flexibility index (Phi) is 5.53. The summed E-state index contributed by atoms with van der Waals surface area (Å²) in [5.41, 5.74) is 1.86. The number of nitrogens with zero attached hydrogens (tertiary/aromatic N) is 5. The minimum atomic E-state index is -0.773. The summed E-state index contributed by atoms with van der Waals surface area (Å²) in [6, 6.07) is 11.6. The Balaban J connectivity index is 1.38. The van der Waals surface area contributed by atoms with Gasteiger partial charge in [0.15, 0.2) is 17.0 Å². The van der Waals surface area contributed by atoms with Gasteiger partial charge in [-0.25, -0.2) is 18.7 Å². The third kappa shape index (κ3) is 4.24. The maximum absolute atomic E-state index is 14.3. The summed E-state index contributed by atoms with van der Waals surface area (Å²) in [6.45, 7) is 0.234. The van der Waals surface area contributed by atoms with Gasteiger partial charge in [-0.3, -0.25) is 19.1 Å². The lowest BCUT2D eigenvalue weighted by atomic mass is 10.2. The first kappa shape index (κ1) is 21.9. The molecule has 0 saturated carbocycles. The summed E-state index contributed by atoms with van der Waals surface area (Å²) in [5, 5.41) is 9.24. The molecule has 0 fully saturated rings. The van der Waals surface area contributed by atoms with E-state index in [9.17, 15) is 18.8 Å². The van der Waals surface area contributed by atoms with Gasteiger partial charge in [0.05, 0.1) is 24.0 Å². The largest absolute Gasteiger partial charge is 0.419 e. The van der Waals surface area contributed by atoms with Crippen LogP contribution in [-0.4, -0.2) is 36.0 Å². The van der Waals surface area contributed by atoms with E-state index in [2.05, 4.69) is 25.7 Å². The second-order valence-corrected chi connectivity index (χ2v) is 7.67. The predicted octanol–water partition coefficient (Wildman–Crippen LogP) is 1.57. The summed E-state index contributed by atoms with van der Waals surface area (Å²) in [6.07, 6.45) is 2.52. The fourth-order valence-corrected chi connectivity index (χ4v) is 3.53. The van der Waals surface area contributed by atoms with Gasteiger partial charge >= 0.3 is 5.76 Å². The van der Waals surface area contributed by atoms with Gasteiger partial charge in [-0.15, -0.1) is 0 Å². The minimum absolute atomic E-state index is 0.0604. The van der Waals surface area contributed by atoms with E-state index >= 15 is 0 Å². The Morgan fingerprint density at radius 2 is 1.91 bits per heavy atom. The SMILES string of the molecule is Cn1c(=O)oc2ccc(CNC(=O)c3cc(C(=O)NCc4ccccn4)n4ncc(F)c4n3)cc21. The van der Waals surface area contributed by atoms with Crippen LogP contribution in [0.4, 0.5) is 4.39 Å². The second-order valence-electron chi connectivity index (χ2n) is 7.67. The molecule has 4 heterocycles. The highest BCUT2D eigenvalue weighted by atomic mass is 19.1. The molecule has 4 aromatic heterocycles. The number of carbonyl (C=O) groups is 2. The van der Waals surface area contributed by atoms with E-state index in [1.807, 2.05) is 0 Å². The highest BCUT2D eigenvalue weighted by Gasteiger charge is 2.20. The lowest BCUT2D eigenvalue weighted by molar-refractivity contribution is 0.0942. The molecule has 0 spiro atoms. The fraction of sp³-hybridized carbons (Fsp3) is 0.130. The maximum atomic E-state index is 14.3. The Hall–Kier alpha value is -4.87. The molecule has 35 heavy (non-hydrogen) atoms. The van der Waals surface area contributed by atoms with Crippen LogP contribution in [0, 0.1) is 5.82 Å². The zero-order valence-corrected chi connectivity index (χ0v) is 18.4. The van der Waals surface area contributed by atoms with Crippen LogP contribution < -0.4 is 16.4 Å². The third-order valence-corrected chi connectivity index (χ3v) is 5.36. The number of aryl methyl sites for hydroxylation is 1. The van der Waals surface area contributed by atoms with Gasteiger partial charge in [0.1, 0.15) is 11.4 Å². The smallest absolute Gasteiger partial charge is 0.408 e. The van der Waals surface area contributed by atoms with Gasteiger partial charge in [-0.2, -0.15) is 5.10 Å². The Bertz CT molecular complexity index is 1640. The van der Waals surface area contributed by atoms with E-state index in [1.165, 1.54) is 10.6 Å². The number of benzene rings is 1. The maximum Gasteiger partial charge on any atom is 0.419 e. The molecule has 0 atom stereocenters. The van der Waals surface area contributed by atoms with E-state index in [1.54, 1.807) is 49.6 Å². The molecule has 2 N–H and O–H groups in total. The first-order chi connectivity index (χ1) is 16.9. The van der Waals surface area contributed by atoms with Gasteiger partial charge < -0.3 is 15.1 Å². The molecule has 5 rings (SSSR count). The van der Waals surface area contributed by atoms with Crippen LogP contribution in [0.3, 0.4) is 0 Å². The molecule has 0 saturated heterocycles. The van der Waals surface area contributed by atoms with E-state index in [4.69, 9.17) is 4.42 Å². The summed E-state index contributed by atoms with van der Waals surface area (Å²) in [7, 11) is 1.58. The average molecular weight is 475 g/mol. The highest BCUT2D eigenvalue weighted by molar-refractivity contribution is 5.98. The van der Waals surface area contributed by atoms with Crippen LogP contribution in [0.15, 0.2) is 64.1 Å². The molecule has 0 aliphatic carbocycles. The first-order valence-electron chi connectivity index (χ1n) is 10.5. The van der Waals surface area contributed by atoms with Crippen molar-refractivity contribution in [2.45, 2.75) is 13.1 Å². The lowest BCUT2D eigenvalue weighted by Gasteiger charge is -2.10.